The molecule has 28 heavy (non-hydrogen) atoms. The van der Waals surface area contributed by atoms with Gasteiger partial charge in [-0.25, -0.2) is 4.68 Å². The van der Waals surface area contributed by atoms with Crippen LogP contribution in [0.15, 0.2) is 18.2 Å². The maximum atomic E-state index is 12.5. The van der Waals surface area contributed by atoms with E-state index in [4.69, 9.17) is 11.6 Å². The van der Waals surface area contributed by atoms with E-state index < -0.39 is 12.5 Å². The number of ether oxygens (including phenoxy) is 1. The number of nitrogens with zero attached hydrogens (tertiary/aromatic N) is 3. The average Bonchev–Trinajstić information content (AvgIpc) is 3.03. The Kier molecular flexibility index (Phi) is 7.97. The van der Waals surface area contributed by atoms with E-state index in [2.05, 4.69) is 25.7 Å². The maximum Gasteiger partial charge on any atom is 0.387 e. The first-order chi connectivity index (χ1) is 13.0. The molecule has 1 amide bonds. The van der Waals surface area contributed by atoms with E-state index in [1.165, 1.54) is 18.2 Å². The molecule has 154 valence electrons. The van der Waals surface area contributed by atoms with Crippen molar-refractivity contribution in [3.63, 3.8) is 0 Å². The molecule has 2 N–H and O–H groups in total. The molecule has 7 nitrogen and oxygen atoms in total. The first-order valence-corrected chi connectivity index (χ1v) is 8.97. The summed E-state index contributed by atoms with van der Waals surface area (Å²) in [4.78, 5) is 12.5. The molecule has 0 radical (unpaired) electrons. The highest BCUT2D eigenvalue weighted by molar-refractivity contribution is 6.30. The Morgan fingerprint density at radius 2 is 2.14 bits per heavy atom. The van der Waals surface area contributed by atoms with Gasteiger partial charge in [0, 0.05) is 17.1 Å². The molecule has 1 aromatic heterocycles. The smallest absolute Gasteiger partial charge is 0.387 e. The van der Waals surface area contributed by atoms with Gasteiger partial charge in [0.05, 0.1) is 11.7 Å². The first-order valence-electron chi connectivity index (χ1n) is 8.59. The van der Waals surface area contributed by atoms with Crippen LogP contribution >= 0.6 is 24.0 Å². The lowest BCUT2D eigenvalue weighted by atomic mass is 10.1. The van der Waals surface area contributed by atoms with E-state index in [9.17, 15) is 13.6 Å². The highest BCUT2D eigenvalue weighted by atomic mass is 35.5. The number of carbonyl (C=O) groups excluding carboxylic acids is 1. The predicted octanol–water partition coefficient (Wildman–Crippen LogP) is 3.12. The number of aromatic nitrogens is 3. The monoisotopic (exact) mass is 435 g/mol. The summed E-state index contributed by atoms with van der Waals surface area (Å²) < 4.78 is 31.3. The Morgan fingerprint density at radius 1 is 1.43 bits per heavy atom. The van der Waals surface area contributed by atoms with Gasteiger partial charge in [0.25, 0.3) is 5.91 Å². The van der Waals surface area contributed by atoms with Gasteiger partial charge < -0.3 is 15.4 Å². The molecule has 2 heterocycles. The van der Waals surface area contributed by atoms with Crippen molar-refractivity contribution in [1.29, 1.82) is 0 Å². The zero-order valence-electron chi connectivity index (χ0n) is 15.1. The van der Waals surface area contributed by atoms with E-state index in [1.54, 1.807) is 11.6 Å². The van der Waals surface area contributed by atoms with Crippen LogP contribution in [0.1, 0.15) is 40.6 Å². The Morgan fingerprint density at radius 3 is 2.82 bits per heavy atom. The highest BCUT2D eigenvalue weighted by Crippen LogP contribution is 2.25. The van der Waals surface area contributed by atoms with Crippen LogP contribution in [0.25, 0.3) is 0 Å². The third-order valence-electron chi connectivity index (χ3n) is 4.48. The molecular formula is C17H21Cl2F2N5O2. The summed E-state index contributed by atoms with van der Waals surface area (Å²) in [5.74, 6) is -0.472. The summed E-state index contributed by atoms with van der Waals surface area (Å²) >= 11 is 5.91. The summed E-state index contributed by atoms with van der Waals surface area (Å²) in [6.07, 6.45) is 1.84. The Labute approximate surface area is 172 Å². The van der Waals surface area contributed by atoms with Crippen LogP contribution in [0, 0.1) is 6.92 Å². The molecule has 1 aliphatic heterocycles. The van der Waals surface area contributed by atoms with Crippen LogP contribution in [-0.4, -0.2) is 40.6 Å². The number of hydrogen-bond acceptors (Lipinski definition) is 5. The summed E-state index contributed by atoms with van der Waals surface area (Å²) in [7, 11) is 0. The molecule has 2 aromatic rings. The van der Waals surface area contributed by atoms with E-state index in [0.29, 0.717) is 16.3 Å². The molecule has 3 rings (SSSR count). The molecule has 0 atom stereocenters. The number of benzene rings is 1. The summed E-state index contributed by atoms with van der Waals surface area (Å²) in [5.41, 5.74) is 1.24. The molecule has 1 aliphatic rings. The topological polar surface area (TPSA) is 81.1 Å². The molecule has 0 bridgehead atoms. The van der Waals surface area contributed by atoms with Crippen molar-refractivity contribution in [2.75, 3.05) is 13.1 Å². The van der Waals surface area contributed by atoms with Crippen molar-refractivity contribution >= 4 is 29.9 Å². The number of piperidine rings is 1. The highest BCUT2D eigenvalue weighted by Gasteiger charge is 2.23. The lowest BCUT2D eigenvalue weighted by Gasteiger charge is -2.23. The number of halogens is 4. The number of carbonyl (C=O) groups is 1. The van der Waals surface area contributed by atoms with E-state index in [-0.39, 0.29) is 36.4 Å². The number of alkyl halides is 2. The SMILES string of the molecule is Cc1c(C(=O)NCc2cc(Cl)ccc2OC(F)F)nnn1C1CCNCC1.Cl. The van der Waals surface area contributed by atoms with Gasteiger partial charge in [-0.1, -0.05) is 16.8 Å². The standard InChI is InChI=1S/C17H20ClF2N5O2.ClH/c1-10-15(23-24-25(10)13-4-6-21-7-5-13)16(26)22-9-11-8-12(18)2-3-14(11)27-17(19)20;/h2-3,8,13,17,21H,4-7,9H2,1H3,(H,22,26);1H. The molecule has 1 saturated heterocycles. The van der Waals surface area contributed by atoms with E-state index in [1.807, 2.05) is 0 Å². The molecule has 0 spiro atoms. The normalized spacial score (nSPS) is 14.6. The maximum absolute atomic E-state index is 12.5. The average molecular weight is 436 g/mol. The number of rotatable bonds is 6. The molecular weight excluding hydrogens is 415 g/mol. The van der Waals surface area contributed by atoms with Gasteiger partial charge in [-0.3, -0.25) is 4.79 Å². The minimum Gasteiger partial charge on any atom is -0.434 e. The predicted molar refractivity (Wildman–Crippen MR) is 102 cm³/mol. The van der Waals surface area contributed by atoms with Crippen LogP contribution in [0.4, 0.5) is 8.78 Å². The number of nitrogens with one attached hydrogen (secondary N) is 2. The third kappa shape index (κ3) is 5.30. The molecule has 1 aromatic carbocycles. The fourth-order valence-electron chi connectivity index (χ4n) is 3.11. The van der Waals surface area contributed by atoms with Crippen LogP contribution in [0.3, 0.4) is 0 Å². The Hall–Kier alpha value is -1.97. The van der Waals surface area contributed by atoms with Crippen molar-refractivity contribution in [2.45, 2.75) is 39.0 Å². The van der Waals surface area contributed by atoms with Gasteiger partial charge in [0.2, 0.25) is 0 Å². The minimum absolute atomic E-state index is 0. The summed E-state index contributed by atoms with van der Waals surface area (Å²) in [6.45, 7) is 0.594. The third-order valence-corrected chi connectivity index (χ3v) is 4.71. The number of amides is 1. The van der Waals surface area contributed by atoms with Crippen molar-refractivity contribution in [2.24, 2.45) is 0 Å². The molecule has 11 heteroatoms. The van der Waals surface area contributed by atoms with Gasteiger partial charge in [-0.15, -0.1) is 17.5 Å². The second-order valence-corrected chi connectivity index (χ2v) is 6.70. The molecule has 1 fully saturated rings. The lowest BCUT2D eigenvalue weighted by Crippen LogP contribution is -2.30. The van der Waals surface area contributed by atoms with Crippen molar-refractivity contribution in [3.8, 4) is 5.75 Å². The fourth-order valence-corrected chi connectivity index (χ4v) is 3.30. The van der Waals surface area contributed by atoms with Crippen molar-refractivity contribution in [3.05, 3.63) is 40.2 Å². The Balaban J connectivity index is 0.00000280. The second-order valence-electron chi connectivity index (χ2n) is 6.26. The van der Waals surface area contributed by atoms with Gasteiger partial charge in [0.1, 0.15) is 5.75 Å². The van der Waals surface area contributed by atoms with Crippen LogP contribution in [0.5, 0.6) is 5.75 Å². The number of hydrogen-bond donors (Lipinski definition) is 2. The molecule has 0 saturated carbocycles. The first kappa shape index (κ1) is 22.3. The molecule has 0 unspecified atom stereocenters. The van der Waals surface area contributed by atoms with E-state index >= 15 is 0 Å². The zero-order valence-corrected chi connectivity index (χ0v) is 16.7. The second kappa shape index (κ2) is 9.99. The van der Waals surface area contributed by atoms with Gasteiger partial charge in [-0.2, -0.15) is 8.78 Å². The summed E-state index contributed by atoms with van der Waals surface area (Å²) in [5, 5.41) is 14.4. The largest absolute Gasteiger partial charge is 0.434 e. The van der Waals surface area contributed by atoms with Crippen LogP contribution in [-0.2, 0) is 6.54 Å². The lowest BCUT2D eigenvalue weighted by molar-refractivity contribution is -0.0504. The van der Waals surface area contributed by atoms with Gasteiger partial charge >= 0.3 is 6.61 Å². The quantitative estimate of drug-likeness (QED) is 0.728. The summed E-state index contributed by atoms with van der Waals surface area (Å²) in [6, 6.07) is 4.46. The minimum atomic E-state index is -2.97. The van der Waals surface area contributed by atoms with Crippen molar-refractivity contribution < 1.29 is 18.3 Å². The van der Waals surface area contributed by atoms with Gasteiger partial charge in [0.15, 0.2) is 5.69 Å². The van der Waals surface area contributed by atoms with Crippen LogP contribution < -0.4 is 15.4 Å². The van der Waals surface area contributed by atoms with Crippen molar-refractivity contribution in [1.82, 2.24) is 25.6 Å². The van der Waals surface area contributed by atoms with Crippen LogP contribution in [0.2, 0.25) is 5.02 Å². The molecule has 0 aliphatic carbocycles. The van der Waals surface area contributed by atoms with Gasteiger partial charge in [-0.05, 0) is 51.1 Å². The Bertz CT molecular complexity index is 813. The zero-order chi connectivity index (χ0) is 19.4. The fraction of sp³-hybridized carbons (Fsp3) is 0.471. The van der Waals surface area contributed by atoms with E-state index in [0.717, 1.165) is 25.9 Å².